The summed E-state index contributed by atoms with van der Waals surface area (Å²) in [5.74, 6) is -2.82. The van der Waals surface area contributed by atoms with E-state index >= 15 is 0 Å². The molecule has 3 aromatic rings. The highest BCUT2D eigenvalue weighted by Gasteiger charge is 2.60. The Morgan fingerprint density at radius 1 is 0.719 bits per heavy atom. The molecule has 0 aliphatic carbocycles. The smallest absolute Gasteiger partial charge is 0.303 e. The number of rotatable bonds is 16. The molecule has 0 radical (unpaired) electrons. The summed E-state index contributed by atoms with van der Waals surface area (Å²) in [7, 11) is -0.116. The molecule has 1 unspecified atom stereocenters. The van der Waals surface area contributed by atoms with Gasteiger partial charge in [0.1, 0.15) is 48.9 Å². The number of nitrogens with zero attached hydrogens (tertiary/aromatic N) is 1. The molecule has 344 valence electrons. The Bertz CT molecular complexity index is 2100. The van der Waals surface area contributed by atoms with Gasteiger partial charge in [0.2, 0.25) is 0 Å². The molecule has 0 aromatic heterocycles. The van der Waals surface area contributed by atoms with Crippen molar-refractivity contribution in [1.29, 1.82) is 0 Å². The first-order chi connectivity index (χ1) is 30.6. The lowest BCUT2D eigenvalue weighted by molar-refractivity contribution is -0.379. The van der Waals surface area contributed by atoms with Gasteiger partial charge in [0.15, 0.2) is 31.1 Å². The molecular weight excluding hydrogens is 851 g/mol. The summed E-state index contributed by atoms with van der Waals surface area (Å²) in [5, 5.41) is 0. The highest BCUT2D eigenvalue weighted by molar-refractivity contribution is 6.76. The highest BCUT2D eigenvalue weighted by Crippen LogP contribution is 2.42. The van der Waals surface area contributed by atoms with E-state index in [0.29, 0.717) is 17.4 Å². The second kappa shape index (κ2) is 20.4. The number of hydrogen-bond donors (Lipinski definition) is 0. The lowest BCUT2D eigenvalue weighted by Gasteiger charge is -2.52. The summed E-state index contributed by atoms with van der Waals surface area (Å²) in [6.07, 6.45) is -12.4. The molecule has 18 heteroatoms. The molecule has 4 heterocycles. The van der Waals surface area contributed by atoms with Gasteiger partial charge in [0.05, 0.1) is 31.5 Å². The Morgan fingerprint density at radius 2 is 1.36 bits per heavy atom. The van der Waals surface area contributed by atoms with E-state index in [1.165, 1.54) is 20.8 Å². The van der Waals surface area contributed by atoms with Crippen LogP contribution >= 0.6 is 0 Å². The van der Waals surface area contributed by atoms with Crippen LogP contribution in [0.1, 0.15) is 58.9 Å². The van der Waals surface area contributed by atoms with Crippen LogP contribution in [0.15, 0.2) is 78.9 Å². The number of methoxy groups -OCH3 is 1. The number of esters is 3. The third-order valence-electron chi connectivity index (χ3n) is 11.2. The van der Waals surface area contributed by atoms with E-state index in [-0.39, 0.29) is 30.9 Å². The van der Waals surface area contributed by atoms with Gasteiger partial charge < -0.3 is 52.1 Å². The van der Waals surface area contributed by atoms with Gasteiger partial charge in [-0.2, -0.15) is 0 Å². The molecular formula is C46H55NO16Si. The van der Waals surface area contributed by atoms with Crippen molar-refractivity contribution in [3.05, 3.63) is 101 Å². The highest BCUT2D eigenvalue weighted by atomic mass is 28.3. The second-order valence-electron chi connectivity index (χ2n) is 17.1. The first-order valence-electron chi connectivity index (χ1n) is 21.2. The topological polar surface area (TPSA) is 190 Å². The fourth-order valence-electron chi connectivity index (χ4n) is 8.09. The zero-order valence-corrected chi connectivity index (χ0v) is 37.9. The zero-order valence-electron chi connectivity index (χ0n) is 36.9. The molecule has 11 atom stereocenters. The molecule has 64 heavy (non-hydrogen) atoms. The van der Waals surface area contributed by atoms with Crippen molar-refractivity contribution in [3.63, 3.8) is 0 Å². The van der Waals surface area contributed by atoms with Crippen molar-refractivity contribution >= 4 is 37.8 Å². The number of ether oxygens (including phenoxy) is 11. The Balaban J connectivity index is 1.34. The Labute approximate surface area is 372 Å². The maximum absolute atomic E-state index is 14.6. The number of benzene rings is 3. The van der Waals surface area contributed by atoms with Gasteiger partial charge in [-0.1, -0.05) is 74.2 Å². The summed E-state index contributed by atoms with van der Waals surface area (Å²) < 4.78 is 68.5. The number of carbonyl (C=O) groups is 5. The molecule has 0 bridgehead atoms. The van der Waals surface area contributed by atoms with E-state index in [1.807, 2.05) is 42.5 Å². The van der Waals surface area contributed by atoms with E-state index < -0.39 is 112 Å². The van der Waals surface area contributed by atoms with Gasteiger partial charge in [0.25, 0.3) is 11.8 Å². The first kappa shape index (κ1) is 46.9. The van der Waals surface area contributed by atoms with E-state index in [0.717, 1.165) is 10.5 Å². The van der Waals surface area contributed by atoms with Crippen LogP contribution in [0.4, 0.5) is 0 Å². The second-order valence-corrected chi connectivity index (χ2v) is 22.8. The monoisotopic (exact) mass is 905 g/mol. The number of amides is 2. The van der Waals surface area contributed by atoms with Gasteiger partial charge in [-0.25, -0.2) is 0 Å². The minimum atomic E-state index is -1.67. The molecule has 4 aliphatic heterocycles. The summed E-state index contributed by atoms with van der Waals surface area (Å²) >= 11 is 0. The molecule has 3 fully saturated rings. The molecule has 2 amide bonds. The van der Waals surface area contributed by atoms with Gasteiger partial charge in [-0.15, -0.1) is 0 Å². The van der Waals surface area contributed by atoms with Crippen molar-refractivity contribution in [1.82, 2.24) is 4.90 Å². The van der Waals surface area contributed by atoms with Crippen molar-refractivity contribution in [2.24, 2.45) is 0 Å². The lowest BCUT2D eigenvalue weighted by atomic mass is 9.93. The molecule has 3 saturated heterocycles. The maximum atomic E-state index is 14.6. The molecule has 4 aliphatic rings. The average molecular weight is 906 g/mol. The SMILES string of the molecule is COc1ccc(CO[C@H]2[C@@H]3OC(c4ccccc4)OC[C@H]3O[C@@H](O[C@H]3[C@@H](OC(C)=O)[C@@H](COC(C)=O)O[C@@H](OCC[Si](C)(C)C)[C@@H]3OC(C)=O)[C@@H]2N2C(=O)c3ccccc3C2=O)cc1. The molecule has 0 saturated carbocycles. The zero-order chi connectivity index (χ0) is 45.7. The van der Waals surface area contributed by atoms with Gasteiger partial charge >= 0.3 is 17.9 Å². The fourth-order valence-corrected chi connectivity index (χ4v) is 8.83. The molecule has 17 nitrogen and oxygen atoms in total. The Hall–Kier alpha value is -5.05. The summed E-state index contributed by atoms with van der Waals surface area (Å²) in [6, 6.07) is 22.1. The standard InChI is InChI=1S/C46H55NO16Si/c1-26(48)55-24-34-38(58-27(2)49)40(41(59-28(3)50)46(61-34)54-21-22-64(5,6)7)63-45-36(47-42(51)32-15-11-12-16-33(32)43(47)52)39(56-23-29-17-19-31(53-4)20-18-29)37-35(60-45)25-57-44(62-37)30-13-9-8-10-14-30/h8-20,34-41,44-46H,21-25H2,1-7H3/t34-,35-,36-,37-,38+,39-,40+,41-,44?,45+,46-/m1/s1. The van der Waals surface area contributed by atoms with Crippen LogP contribution in [0.2, 0.25) is 25.7 Å². The minimum absolute atomic E-state index is 0.0225. The summed E-state index contributed by atoms with van der Waals surface area (Å²) in [4.78, 5) is 68.2. The number of hydrogen-bond acceptors (Lipinski definition) is 16. The Morgan fingerprint density at radius 3 is 1.97 bits per heavy atom. The van der Waals surface area contributed by atoms with Crippen molar-refractivity contribution in [2.75, 3.05) is 26.9 Å². The largest absolute Gasteiger partial charge is 0.497 e. The van der Waals surface area contributed by atoms with Crippen molar-refractivity contribution in [3.8, 4) is 5.75 Å². The fraction of sp³-hybridized carbons (Fsp3) is 0.500. The van der Waals surface area contributed by atoms with E-state index in [4.69, 9.17) is 52.1 Å². The summed E-state index contributed by atoms with van der Waals surface area (Å²) in [5.41, 5.74) is 1.74. The summed E-state index contributed by atoms with van der Waals surface area (Å²) in [6.45, 7) is 9.77. The Kier molecular flexibility index (Phi) is 15.0. The van der Waals surface area contributed by atoms with Crippen LogP contribution in [0.5, 0.6) is 5.75 Å². The molecule has 7 rings (SSSR count). The average Bonchev–Trinajstić information content (AvgIpc) is 3.51. The van der Waals surface area contributed by atoms with Crippen LogP contribution in [-0.4, -0.2) is 131 Å². The van der Waals surface area contributed by atoms with Crippen molar-refractivity contribution in [2.45, 2.75) is 121 Å². The molecule has 0 N–H and O–H groups in total. The van der Waals surface area contributed by atoms with Crippen LogP contribution in [0.3, 0.4) is 0 Å². The van der Waals surface area contributed by atoms with E-state index in [2.05, 4.69) is 19.6 Å². The molecule has 0 spiro atoms. The number of imide groups is 1. The quantitative estimate of drug-likeness (QED) is 0.0810. The van der Waals surface area contributed by atoms with Gasteiger partial charge in [-0.3, -0.25) is 28.9 Å². The minimum Gasteiger partial charge on any atom is -0.497 e. The molecule has 3 aromatic carbocycles. The predicted octanol–water partition coefficient (Wildman–Crippen LogP) is 4.98. The van der Waals surface area contributed by atoms with Gasteiger partial charge in [-0.05, 0) is 35.9 Å². The van der Waals surface area contributed by atoms with Crippen molar-refractivity contribution < 1.29 is 76.1 Å². The van der Waals surface area contributed by atoms with E-state index in [9.17, 15) is 24.0 Å². The predicted molar refractivity (Wildman–Crippen MR) is 226 cm³/mol. The van der Waals surface area contributed by atoms with Crippen LogP contribution in [-0.2, 0) is 68.4 Å². The van der Waals surface area contributed by atoms with Crippen LogP contribution < -0.4 is 4.74 Å². The van der Waals surface area contributed by atoms with Crippen LogP contribution in [0, 0.1) is 0 Å². The lowest BCUT2D eigenvalue weighted by Crippen LogP contribution is -2.70. The van der Waals surface area contributed by atoms with E-state index in [1.54, 1.807) is 43.5 Å². The number of carbonyl (C=O) groups excluding carboxylic acids is 5. The number of fused-ring (bicyclic) bond motifs is 2. The third-order valence-corrected chi connectivity index (χ3v) is 12.9. The first-order valence-corrected chi connectivity index (χ1v) is 24.9. The van der Waals surface area contributed by atoms with Crippen LogP contribution in [0.25, 0.3) is 0 Å². The van der Waals surface area contributed by atoms with Gasteiger partial charge in [0, 0.05) is 41.0 Å². The normalized spacial score (nSPS) is 29.0. The third kappa shape index (κ3) is 10.9. The maximum Gasteiger partial charge on any atom is 0.303 e.